The fourth-order valence-corrected chi connectivity index (χ4v) is 0.185. The second kappa shape index (κ2) is 36.6. The van der Waals surface area contributed by atoms with Crippen LogP contribution in [0.15, 0.2) is 29.9 Å². The molecule has 0 aliphatic heterocycles. The van der Waals surface area contributed by atoms with Crippen molar-refractivity contribution in [2.75, 3.05) is 14.1 Å². The molecule has 0 fully saturated rings. The van der Waals surface area contributed by atoms with Crippen LogP contribution >= 0.6 is 0 Å². The number of carbonyl (C=O) groups excluding carboxylic acids is 2. The molecule has 0 aromatic heterocycles. The van der Waals surface area contributed by atoms with Gasteiger partial charge in [-0.2, -0.15) is 0 Å². The molecule has 0 saturated carbocycles. The van der Waals surface area contributed by atoms with E-state index < -0.39 is 0 Å². The van der Waals surface area contributed by atoms with Crippen molar-refractivity contribution in [3.63, 3.8) is 0 Å². The van der Waals surface area contributed by atoms with Crippen LogP contribution in [0.5, 0.6) is 0 Å². The number of carbonyl (C=O) groups is 1. The molecule has 0 saturated heterocycles. The summed E-state index contributed by atoms with van der Waals surface area (Å²) < 4.78 is 0. The molecule has 8 nitrogen and oxygen atoms in total. The maximum Gasteiger partial charge on any atom is 0.318 e. The lowest BCUT2D eigenvalue weighted by molar-refractivity contribution is 0.246. The Morgan fingerprint density at radius 3 is 1.89 bits per heavy atom. The number of aliphatic imine (C=N–C) groups is 1. The number of hydrogen-bond donors (Lipinski definition) is 5. The Morgan fingerprint density at radius 1 is 1.33 bits per heavy atom. The van der Waals surface area contributed by atoms with Crippen LogP contribution in [-0.4, -0.2) is 36.4 Å². The Hall–Kier alpha value is -2.47. The van der Waals surface area contributed by atoms with E-state index in [2.05, 4.69) is 21.4 Å². The van der Waals surface area contributed by atoms with E-state index in [0.29, 0.717) is 0 Å². The molecule has 0 heterocycles. The molecular weight excluding hydrogens is 240 g/mol. The third-order valence-electron chi connectivity index (χ3n) is 0.693. The smallest absolute Gasteiger partial charge is 0.318 e. The summed E-state index contributed by atoms with van der Waals surface area (Å²) in [7, 11) is 2.87. The molecule has 8 heteroatoms. The van der Waals surface area contributed by atoms with E-state index in [1.807, 2.05) is 0 Å². The summed E-state index contributed by atoms with van der Waals surface area (Å²) >= 11 is 0. The van der Waals surface area contributed by atoms with E-state index >= 15 is 0 Å². The fourth-order valence-electron chi connectivity index (χ4n) is 0.185. The molecule has 0 radical (unpaired) electrons. The first-order valence-electron chi connectivity index (χ1n) is 3.88. The van der Waals surface area contributed by atoms with Crippen molar-refractivity contribution in [3.05, 3.63) is 24.9 Å². The van der Waals surface area contributed by atoms with Gasteiger partial charge in [-0.25, -0.2) is 14.6 Å². The minimum absolute atomic E-state index is 0. The summed E-state index contributed by atoms with van der Waals surface area (Å²) in [4.78, 5) is 22.0. The summed E-state index contributed by atoms with van der Waals surface area (Å²) in [6.45, 7) is 0. The number of aliphatic hydroxyl groups is 2. The van der Waals surface area contributed by atoms with Gasteiger partial charge in [0.1, 0.15) is 0 Å². The van der Waals surface area contributed by atoms with E-state index in [4.69, 9.17) is 15.0 Å². The quantitative estimate of drug-likeness (QED) is 0.275. The lowest BCUT2D eigenvalue weighted by Crippen LogP contribution is -2.28. The van der Waals surface area contributed by atoms with E-state index in [-0.39, 0.29) is 20.9 Å². The summed E-state index contributed by atoms with van der Waals surface area (Å²) in [5.41, 5.74) is 4.60. The molecule has 108 valence electrons. The summed E-state index contributed by atoms with van der Waals surface area (Å²) in [6.07, 6.45) is 5.01. The van der Waals surface area contributed by atoms with Crippen LogP contribution in [0.25, 0.3) is 0 Å². The number of rotatable bonds is 1. The molecule has 0 aromatic carbocycles. The lowest BCUT2D eigenvalue weighted by atomic mass is 10.9. The molecule has 18 heavy (non-hydrogen) atoms. The van der Waals surface area contributed by atoms with Gasteiger partial charge < -0.3 is 26.6 Å². The predicted molar refractivity (Wildman–Crippen MR) is 72.8 cm³/mol. The zero-order valence-corrected chi connectivity index (χ0v) is 9.04. The van der Waals surface area contributed by atoms with E-state index in [9.17, 15) is 4.79 Å². The van der Waals surface area contributed by atoms with Crippen LogP contribution in [0, 0.1) is 0 Å². The third-order valence-corrected chi connectivity index (χ3v) is 0.693. The highest BCUT2D eigenvalue weighted by molar-refractivity contribution is 5.74. The molecule has 2 amide bonds. The number of amides is 2. The van der Waals surface area contributed by atoms with Gasteiger partial charge in [0.05, 0.1) is 12.5 Å². The second-order valence-corrected chi connectivity index (χ2v) is 1.70. The van der Waals surface area contributed by atoms with E-state index in [1.165, 1.54) is 20.2 Å². The topological polar surface area (TPSA) is 137 Å². The molecule has 6 N–H and O–H groups in total. The van der Waals surface area contributed by atoms with Gasteiger partial charge in [0.25, 0.3) is 0 Å². The van der Waals surface area contributed by atoms with Gasteiger partial charge in [-0.15, -0.1) is 0 Å². The van der Waals surface area contributed by atoms with Gasteiger partial charge in [0, 0.05) is 26.5 Å². The van der Waals surface area contributed by atoms with Crippen molar-refractivity contribution < 1.29 is 19.8 Å². The molecule has 0 aromatic rings. The molecule has 0 bridgehead atoms. The van der Waals surface area contributed by atoms with E-state index in [1.54, 1.807) is 0 Å². The summed E-state index contributed by atoms with van der Waals surface area (Å²) in [5, 5.41) is 20.0. The number of hydrogen-bond acceptors (Lipinski definition) is 6. The Labute approximate surface area is 108 Å². The second-order valence-electron chi connectivity index (χ2n) is 1.70. The molecule has 0 atom stereocenters. The Balaban J connectivity index is -0.0000000489. The number of nitrogens with zero attached hydrogens (tertiary/aromatic N) is 1. The average Bonchev–Trinajstić information content (AvgIpc) is 2.36. The minimum atomic E-state index is -0.352. The largest absolute Gasteiger partial charge is 0.514 e. The van der Waals surface area contributed by atoms with Gasteiger partial charge in [-0.1, -0.05) is 14.9 Å². The summed E-state index contributed by atoms with van der Waals surface area (Å²) in [5.74, 6) is 0. The maximum atomic E-state index is 10.2. The molecular formula is C10H24N4O4. The van der Waals surface area contributed by atoms with Crippen molar-refractivity contribution in [2.45, 2.75) is 14.9 Å². The molecule has 0 aliphatic carbocycles. The van der Waals surface area contributed by atoms with Gasteiger partial charge in [0.2, 0.25) is 6.08 Å². The normalized spacial score (nSPS) is 7.00. The Morgan fingerprint density at radius 2 is 1.72 bits per heavy atom. The van der Waals surface area contributed by atoms with Crippen LogP contribution in [0.3, 0.4) is 0 Å². The van der Waals surface area contributed by atoms with Crippen molar-refractivity contribution in [1.82, 2.24) is 10.6 Å². The number of nitrogens with two attached hydrogens (primary N) is 1. The number of nitrogens with one attached hydrogen (secondary N) is 2. The standard InChI is InChI=1S/C4H8N2O2.C2H3NO.C2H5NO.2CH4/c1-5-4(8)6-2-3-7;1-3-2-4;3-1-2-4;;/h2-3,7H,1H3,(H2,5,6,8);1H3;1-2,4H,3H2;2*1H4/b3-2-;;2-1-;;. The maximum absolute atomic E-state index is 10.2. The molecule has 0 unspecified atom stereocenters. The van der Waals surface area contributed by atoms with E-state index in [0.717, 1.165) is 24.9 Å². The Kier molecular flexibility index (Phi) is 60.1. The SMILES string of the molecule is C.C.CN=C=O.CNC(=O)N/C=C\O.N/C=C\O. The highest BCUT2D eigenvalue weighted by Crippen LogP contribution is 1.60. The van der Waals surface area contributed by atoms with Crippen LogP contribution in [0.2, 0.25) is 0 Å². The monoisotopic (exact) mass is 264 g/mol. The van der Waals surface area contributed by atoms with Crippen LogP contribution in [0.1, 0.15) is 14.9 Å². The number of isocyanates is 1. The Bertz CT molecular complexity index is 244. The third kappa shape index (κ3) is 69.5. The summed E-state index contributed by atoms with van der Waals surface area (Å²) in [6, 6.07) is -0.352. The van der Waals surface area contributed by atoms with Crippen LogP contribution < -0.4 is 16.4 Å². The van der Waals surface area contributed by atoms with Crippen LogP contribution in [-0.2, 0) is 4.79 Å². The number of urea groups is 1. The zero-order chi connectivity index (χ0) is 13.2. The van der Waals surface area contributed by atoms with Crippen molar-refractivity contribution >= 4 is 12.1 Å². The molecule has 0 spiro atoms. The first-order valence-corrected chi connectivity index (χ1v) is 3.88. The zero-order valence-electron chi connectivity index (χ0n) is 9.04. The van der Waals surface area contributed by atoms with Crippen molar-refractivity contribution in [3.8, 4) is 0 Å². The molecule has 0 rings (SSSR count). The lowest BCUT2D eigenvalue weighted by Gasteiger charge is -1.93. The van der Waals surface area contributed by atoms with Gasteiger partial charge in [0.15, 0.2) is 0 Å². The average molecular weight is 264 g/mol. The van der Waals surface area contributed by atoms with Gasteiger partial charge in [-0.3, -0.25) is 0 Å². The highest BCUT2D eigenvalue weighted by Gasteiger charge is 1.85. The van der Waals surface area contributed by atoms with Crippen molar-refractivity contribution in [2.24, 2.45) is 10.7 Å². The first-order chi connectivity index (χ1) is 7.64. The van der Waals surface area contributed by atoms with Gasteiger partial charge in [-0.05, 0) is 0 Å². The minimum Gasteiger partial charge on any atom is -0.514 e. The van der Waals surface area contributed by atoms with Crippen molar-refractivity contribution in [1.29, 1.82) is 0 Å². The highest BCUT2D eigenvalue weighted by atomic mass is 16.2. The fraction of sp³-hybridized carbons (Fsp3) is 0.400. The predicted octanol–water partition coefficient (Wildman–Crippen LogP) is 1.14. The molecule has 0 aliphatic rings. The number of aliphatic hydroxyl groups excluding tert-OH is 2. The van der Waals surface area contributed by atoms with Crippen LogP contribution in [0.4, 0.5) is 4.79 Å². The van der Waals surface area contributed by atoms with Gasteiger partial charge >= 0.3 is 6.03 Å². The first kappa shape index (κ1) is 29.6.